The van der Waals surface area contributed by atoms with Crippen molar-refractivity contribution >= 4 is 11.5 Å². The van der Waals surface area contributed by atoms with Gasteiger partial charge in [-0.1, -0.05) is 12.1 Å². The van der Waals surface area contributed by atoms with E-state index in [-0.39, 0.29) is 12.2 Å². The first-order chi connectivity index (χ1) is 8.33. The zero-order valence-corrected chi connectivity index (χ0v) is 9.56. The fourth-order valence-electron chi connectivity index (χ4n) is 1.96. The van der Waals surface area contributed by atoms with Gasteiger partial charge in [-0.3, -0.25) is 4.79 Å². The molecule has 1 aromatic carbocycles. The number of ketones is 1. The van der Waals surface area contributed by atoms with Crippen LogP contribution in [0.15, 0.2) is 24.3 Å². The molecule has 0 amide bonds. The molecule has 0 N–H and O–H groups in total. The van der Waals surface area contributed by atoms with Gasteiger partial charge in [0.2, 0.25) is 0 Å². The molecule has 0 aromatic heterocycles. The lowest BCUT2D eigenvalue weighted by atomic mass is 10.1. The number of Topliss-reactive ketones (excluding diaryl/α,β-unsaturated/α-hetero) is 1. The first-order valence-electron chi connectivity index (χ1n) is 5.65. The molecule has 2 rings (SSSR count). The average molecular weight is 230 g/mol. The molecule has 88 valence electrons. The first-order valence-corrected chi connectivity index (χ1v) is 5.65. The smallest absolute Gasteiger partial charge is 0.178 e. The van der Waals surface area contributed by atoms with E-state index in [9.17, 15) is 4.79 Å². The largest absolute Gasteiger partial charge is 0.378 e. The molecule has 1 fully saturated rings. The van der Waals surface area contributed by atoms with Crippen LogP contribution in [0.2, 0.25) is 0 Å². The number of nitrogens with zero attached hydrogens (tertiary/aromatic N) is 2. The van der Waals surface area contributed by atoms with E-state index >= 15 is 0 Å². The van der Waals surface area contributed by atoms with Crippen molar-refractivity contribution in [1.29, 1.82) is 5.26 Å². The molecule has 0 spiro atoms. The number of benzene rings is 1. The Labute approximate surface area is 100 Å². The van der Waals surface area contributed by atoms with Crippen molar-refractivity contribution in [2.45, 2.75) is 6.42 Å². The molecule has 0 radical (unpaired) electrons. The summed E-state index contributed by atoms with van der Waals surface area (Å²) in [6.07, 6.45) is -0.0681. The van der Waals surface area contributed by atoms with Crippen LogP contribution in [0, 0.1) is 11.3 Å². The Kier molecular flexibility index (Phi) is 3.73. The summed E-state index contributed by atoms with van der Waals surface area (Å²) >= 11 is 0. The van der Waals surface area contributed by atoms with Gasteiger partial charge in [0.05, 0.1) is 25.7 Å². The van der Waals surface area contributed by atoms with Crippen molar-refractivity contribution in [2.75, 3.05) is 31.2 Å². The van der Waals surface area contributed by atoms with Crippen LogP contribution in [0.25, 0.3) is 0 Å². The van der Waals surface area contributed by atoms with E-state index in [1.165, 1.54) is 0 Å². The Bertz CT molecular complexity index is 445. The Morgan fingerprint density at radius 3 is 2.76 bits per heavy atom. The van der Waals surface area contributed by atoms with Crippen LogP contribution in [0.3, 0.4) is 0 Å². The van der Waals surface area contributed by atoms with E-state index in [0.717, 1.165) is 18.8 Å². The third kappa shape index (κ3) is 2.63. The van der Waals surface area contributed by atoms with Crippen molar-refractivity contribution < 1.29 is 9.53 Å². The van der Waals surface area contributed by atoms with E-state index < -0.39 is 0 Å². The minimum atomic E-state index is -0.116. The summed E-state index contributed by atoms with van der Waals surface area (Å²) in [5, 5.41) is 8.59. The third-order valence-corrected chi connectivity index (χ3v) is 2.80. The highest BCUT2D eigenvalue weighted by Gasteiger charge is 2.17. The zero-order chi connectivity index (χ0) is 12.1. The van der Waals surface area contributed by atoms with Crippen LogP contribution in [-0.4, -0.2) is 32.1 Å². The minimum absolute atomic E-state index is 0.0681. The van der Waals surface area contributed by atoms with E-state index in [0.29, 0.717) is 18.8 Å². The maximum Gasteiger partial charge on any atom is 0.178 e. The Morgan fingerprint density at radius 1 is 1.35 bits per heavy atom. The lowest BCUT2D eigenvalue weighted by Crippen LogP contribution is -2.37. The molecule has 1 aliphatic heterocycles. The van der Waals surface area contributed by atoms with E-state index in [4.69, 9.17) is 10.00 Å². The molecule has 0 bridgehead atoms. The molecular weight excluding hydrogens is 216 g/mol. The van der Waals surface area contributed by atoms with Gasteiger partial charge in [0.25, 0.3) is 0 Å². The number of nitriles is 1. The van der Waals surface area contributed by atoms with Gasteiger partial charge in [-0.05, 0) is 12.1 Å². The van der Waals surface area contributed by atoms with E-state index in [2.05, 4.69) is 4.90 Å². The number of carbonyl (C=O) groups excluding carboxylic acids is 1. The second kappa shape index (κ2) is 5.46. The summed E-state index contributed by atoms with van der Waals surface area (Å²) in [4.78, 5) is 14.0. The Morgan fingerprint density at radius 2 is 2.06 bits per heavy atom. The maximum atomic E-state index is 11.8. The summed E-state index contributed by atoms with van der Waals surface area (Å²) in [7, 11) is 0. The van der Waals surface area contributed by atoms with Crippen molar-refractivity contribution in [3.8, 4) is 6.07 Å². The highest BCUT2D eigenvalue weighted by molar-refractivity contribution is 6.02. The number of hydrogen-bond acceptors (Lipinski definition) is 4. The van der Waals surface area contributed by atoms with Gasteiger partial charge in [-0.25, -0.2) is 0 Å². The molecule has 0 atom stereocenters. The van der Waals surface area contributed by atoms with Gasteiger partial charge >= 0.3 is 0 Å². The molecule has 1 heterocycles. The van der Waals surface area contributed by atoms with Crippen LogP contribution in [-0.2, 0) is 4.74 Å². The molecule has 4 heteroatoms. The van der Waals surface area contributed by atoms with E-state index in [1.54, 1.807) is 6.07 Å². The molecule has 1 aromatic rings. The summed E-state index contributed by atoms with van der Waals surface area (Å²) in [6.45, 7) is 2.94. The third-order valence-electron chi connectivity index (χ3n) is 2.80. The predicted octanol–water partition coefficient (Wildman–Crippen LogP) is 1.62. The van der Waals surface area contributed by atoms with Gasteiger partial charge < -0.3 is 9.64 Å². The molecule has 4 nitrogen and oxygen atoms in total. The van der Waals surface area contributed by atoms with Crippen LogP contribution in [0.5, 0.6) is 0 Å². The van der Waals surface area contributed by atoms with Crippen LogP contribution >= 0.6 is 0 Å². The number of para-hydroxylation sites is 1. The Balaban J connectivity index is 2.26. The number of rotatable bonds is 3. The second-order valence-corrected chi connectivity index (χ2v) is 3.87. The van der Waals surface area contributed by atoms with Crippen LogP contribution in [0.4, 0.5) is 5.69 Å². The SMILES string of the molecule is N#CCC(=O)c1ccccc1N1CCOCC1. The fraction of sp³-hybridized carbons (Fsp3) is 0.385. The lowest BCUT2D eigenvalue weighted by Gasteiger charge is -2.30. The normalized spacial score (nSPS) is 15.4. The van der Waals surface area contributed by atoms with Crippen molar-refractivity contribution in [1.82, 2.24) is 0 Å². The second-order valence-electron chi connectivity index (χ2n) is 3.87. The summed E-state index contributed by atoms with van der Waals surface area (Å²) in [6, 6.07) is 9.35. The molecule has 0 saturated carbocycles. The standard InChI is InChI=1S/C13H14N2O2/c14-6-5-13(16)11-3-1-2-4-12(11)15-7-9-17-10-8-15/h1-4H,5,7-10H2. The monoisotopic (exact) mass is 230 g/mol. The van der Waals surface area contributed by atoms with Gasteiger partial charge in [0, 0.05) is 24.3 Å². The van der Waals surface area contributed by atoms with Gasteiger partial charge in [-0.15, -0.1) is 0 Å². The molecule has 0 aliphatic carbocycles. The molecule has 17 heavy (non-hydrogen) atoms. The van der Waals surface area contributed by atoms with Gasteiger partial charge in [-0.2, -0.15) is 5.26 Å². The quantitative estimate of drug-likeness (QED) is 0.740. The van der Waals surface area contributed by atoms with Gasteiger partial charge in [0.15, 0.2) is 5.78 Å². The number of carbonyl (C=O) groups is 1. The van der Waals surface area contributed by atoms with Crippen molar-refractivity contribution in [3.63, 3.8) is 0 Å². The van der Waals surface area contributed by atoms with Crippen molar-refractivity contribution in [3.05, 3.63) is 29.8 Å². The number of anilines is 1. The highest BCUT2D eigenvalue weighted by atomic mass is 16.5. The van der Waals surface area contributed by atoms with E-state index in [1.807, 2.05) is 24.3 Å². The fourth-order valence-corrected chi connectivity index (χ4v) is 1.96. The van der Waals surface area contributed by atoms with Crippen molar-refractivity contribution in [2.24, 2.45) is 0 Å². The van der Waals surface area contributed by atoms with Gasteiger partial charge in [0.1, 0.15) is 0 Å². The number of ether oxygens (including phenoxy) is 1. The topological polar surface area (TPSA) is 53.3 Å². The molecule has 1 aliphatic rings. The lowest BCUT2D eigenvalue weighted by molar-refractivity contribution is 0.0996. The first kappa shape index (κ1) is 11.6. The summed E-state index contributed by atoms with van der Waals surface area (Å²) in [5.74, 6) is -0.116. The molecule has 0 unspecified atom stereocenters. The highest BCUT2D eigenvalue weighted by Crippen LogP contribution is 2.22. The summed E-state index contributed by atoms with van der Waals surface area (Å²) < 4.78 is 5.29. The number of hydrogen-bond donors (Lipinski definition) is 0. The van der Waals surface area contributed by atoms with Crippen LogP contribution < -0.4 is 4.90 Å². The zero-order valence-electron chi connectivity index (χ0n) is 9.56. The number of morpholine rings is 1. The molecular formula is C13H14N2O2. The predicted molar refractivity (Wildman–Crippen MR) is 64.0 cm³/mol. The summed E-state index contributed by atoms with van der Waals surface area (Å²) in [5.41, 5.74) is 1.55. The average Bonchev–Trinajstić information content (AvgIpc) is 2.40. The minimum Gasteiger partial charge on any atom is -0.378 e. The maximum absolute atomic E-state index is 11.8. The Hall–Kier alpha value is -1.86. The van der Waals surface area contributed by atoms with Crippen LogP contribution in [0.1, 0.15) is 16.8 Å². The molecule has 1 saturated heterocycles.